The zero-order valence-corrected chi connectivity index (χ0v) is 30.8. The van der Waals surface area contributed by atoms with E-state index in [9.17, 15) is 24.0 Å². The summed E-state index contributed by atoms with van der Waals surface area (Å²) in [5, 5.41) is 8.72. The molecule has 1 saturated heterocycles. The molecule has 1 fully saturated rings. The Labute approximate surface area is 291 Å². The predicted molar refractivity (Wildman–Crippen MR) is 184 cm³/mol. The number of likely N-dealkylation sites (tertiary alicyclic amines) is 1. The number of rotatable bonds is 15. The van der Waals surface area contributed by atoms with E-state index in [2.05, 4.69) is 16.0 Å². The first-order valence-corrected chi connectivity index (χ1v) is 17.1. The van der Waals surface area contributed by atoms with Crippen LogP contribution in [0.1, 0.15) is 106 Å². The maximum Gasteiger partial charge on any atom is 0.407 e. The number of carbonyl (C=O) groups excluding carboxylic acids is 5. The molecule has 0 bridgehead atoms. The number of carbonyl (C=O) groups is 5. The van der Waals surface area contributed by atoms with Crippen LogP contribution in [0.2, 0.25) is 0 Å². The maximum atomic E-state index is 14.0. The van der Waals surface area contributed by atoms with E-state index in [-0.39, 0.29) is 25.5 Å². The third kappa shape index (κ3) is 17.4. The van der Waals surface area contributed by atoms with Gasteiger partial charge in [-0.15, -0.1) is 0 Å². The van der Waals surface area contributed by atoms with Crippen LogP contribution in [-0.4, -0.2) is 89.5 Å². The maximum absolute atomic E-state index is 14.0. The first kappa shape index (κ1) is 41.3. The van der Waals surface area contributed by atoms with Gasteiger partial charge in [0.2, 0.25) is 5.91 Å². The van der Waals surface area contributed by atoms with Crippen LogP contribution in [0, 0.1) is 0 Å². The molecule has 1 aromatic carbocycles. The fourth-order valence-electron chi connectivity index (χ4n) is 5.11. The molecule has 0 aliphatic carbocycles. The molecule has 276 valence electrons. The van der Waals surface area contributed by atoms with E-state index in [1.165, 1.54) is 0 Å². The second-order valence-corrected chi connectivity index (χ2v) is 15.3. The lowest BCUT2D eigenvalue weighted by molar-refractivity contribution is -0.163. The zero-order chi connectivity index (χ0) is 36.8. The van der Waals surface area contributed by atoms with Gasteiger partial charge in [0.25, 0.3) is 0 Å². The van der Waals surface area contributed by atoms with Gasteiger partial charge in [0.1, 0.15) is 29.5 Å². The van der Waals surface area contributed by atoms with Crippen molar-refractivity contribution in [2.75, 3.05) is 19.6 Å². The highest BCUT2D eigenvalue weighted by atomic mass is 16.6. The van der Waals surface area contributed by atoms with Crippen LogP contribution >= 0.6 is 0 Å². The average Bonchev–Trinajstić information content (AvgIpc) is 3.45. The quantitative estimate of drug-likeness (QED) is 0.130. The van der Waals surface area contributed by atoms with Gasteiger partial charge >= 0.3 is 24.1 Å². The normalized spacial score (nSPS) is 16.3. The van der Waals surface area contributed by atoms with Gasteiger partial charge < -0.3 is 39.8 Å². The predicted octanol–water partition coefficient (Wildman–Crippen LogP) is 5.00. The van der Waals surface area contributed by atoms with E-state index in [1.54, 1.807) is 67.2 Å². The molecule has 1 heterocycles. The first-order chi connectivity index (χ1) is 22.7. The highest BCUT2D eigenvalue weighted by Crippen LogP contribution is 2.23. The minimum absolute atomic E-state index is 0.0389. The molecular weight excluding hydrogens is 632 g/mol. The fourth-order valence-corrected chi connectivity index (χ4v) is 5.11. The summed E-state index contributed by atoms with van der Waals surface area (Å²) < 4.78 is 21.8. The van der Waals surface area contributed by atoms with Gasteiger partial charge in [-0.2, -0.15) is 0 Å². The van der Waals surface area contributed by atoms with Crippen LogP contribution < -0.4 is 16.0 Å². The van der Waals surface area contributed by atoms with E-state index in [1.807, 2.05) is 30.3 Å². The standard InChI is InChI=1S/C36H58N4O9/c1-34(2,3)47-29(41)22-26(39-33(45)46-24-25-16-11-10-12-17-25)23-38-27(18-13-14-20-37-32(44)49-36(7,8)9)30(42)40-21-15-19-28(40)31(43)48-35(4,5)6/h10-12,16-17,26-28,38H,13-15,18-24H2,1-9H3,(H,37,44)(H,39,45)/t26-,27-,28-/m0/s1. The SMILES string of the molecule is CC(C)(C)OC(=O)C[C@@H](CN[C@@H](CCCCNC(=O)OC(C)(C)C)C(=O)N1CCC[C@H]1C(=O)OC(C)(C)C)NC(=O)OCc1ccccc1. The highest BCUT2D eigenvalue weighted by molar-refractivity contribution is 5.88. The molecule has 0 spiro atoms. The molecule has 13 heteroatoms. The van der Waals surface area contributed by atoms with E-state index in [0.717, 1.165) is 5.56 Å². The third-order valence-electron chi connectivity index (χ3n) is 7.08. The monoisotopic (exact) mass is 690 g/mol. The number of ether oxygens (including phenoxy) is 4. The molecule has 3 N–H and O–H groups in total. The summed E-state index contributed by atoms with van der Waals surface area (Å²) in [6.07, 6.45) is 1.20. The molecule has 0 saturated carbocycles. The first-order valence-electron chi connectivity index (χ1n) is 17.1. The van der Waals surface area contributed by atoms with Gasteiger partial charge in [0, 0.05) is 19.6 Å². The lowest BCUT2D eigenvalue weighted by atomic mass is 10.1. The average molecular weight is 691 g/mol. The largest absolute Gasteiger partial charge is 0.460 e. The van der Waals surface area contributed by atoms with Gasteiger partial charge in [-0.05, 0) is 100.0 Å². The van der Waals surface area contributed by atoms with Crippen LogP contribution in [0.5, 0.6) is 0 Å². The summed E-state index contributed by atoms with van der Waals surface area (Å²) >= 11 is 0. The van der Waals surface area contributed by atoms with Gasteiger partial charge in [-0.3, -0.25) is 9.59 Å². The Morgan fingerprint density at radius 2 is 1.47 bits per heavy atom. The summed E-state index contributed by atoms with van der Waals surface area (Å²) in [5.74, 6) is -1.26. The van der Waals surface area contributed by atoms with Gasteiger partial charge in [0.15, 0.2) is 0 Å². The lowest BCUT2D eigenvalue weighted by Gasteiger charge is -2.31. The molecule has 0 aromatic heterocycles. The van der Waals surface area contributed by atoms with Gasteiger partial charge in [-0.25, -0.2) is 14.4 Å². The minimum Gasteiger partial charge on any atom is -0.460 e. The van der Waals surface area contributed by atoms with Crippen molar-refractivity contribution in [2.45, 2.75) is 142 Å². The Kier molecular flexibility index (Phi) is 15.8. The van der Waals surface area contributed by atoms with Crippen molar-refractivity contribution in [1.29, 1.82) is 0 Å². The third-order valence-corrected chi connectivity index (χ3v) is 7.08. The summed E-state index contributed by atoms with van der Waals surface area (Å²) in [4.78, 5) is 66.3. The molecule has 3 atom stereocenters. The van der Waals surface area contributed by atoms with Gasteiger partial charge in [0.05, 0.1) is 18.5 Å². The Morgan fingerprint density at radius 3 is 2.08 bits per heavy atom. The number of unbranched alkanes of at least 4 members (excludes halogenated alkanes) is 1. The molecular formula is C36H58N4O9. The van der Waals surface area contributed by atoms with Crippen molar-refractivity contribution < 1.29 is 42.9 Å². The second kappa shape index (κ2) is 18.8. The van der Waals surface area contributed by atoms with Crippen molar-refractivity contribution in [1.82, 2.24) is 20.9 Å². The van der Waals surface area contributed by atoms with Crippen LogP contribution in [0.25, 0.3) is 0 Å². The second-order valence-electron chi connectivity index (χ2n) is 15.3. The number of alkyl carbamates (subject to hydrolysis) is 2. The minimum atomic E-state index is -0.775. The summed E-state index contributed by atoms with van der Waals surface area (Å²) in [7, 11) is 0. The zero-order valence-electron chi connectivity index (χ0n) is 30.8. The summed E-state index contributed by atoms with van der Waals surface area (Å²) in [6, 6.07) is 6.95. The molecule has 3 amide bonds. The number of hydrogen-bond acceptors (Lipinski definition) is 10. The van der Waals surface area contributed by atoms with Crippen molar-refractivity contribution in [3.63, 3.8) is 0 Å². The van der Waals surface area contributed by atoms with E-state index in [0.29, 0.717) is 45.2 Å². The summed E-state index contributed by atoms with van der Waals surface area (Å²) in [6.45, 7) is 16.8. The van der Waals surface area contributed by atoms with E-state index in [4.69, 9.17) is 18.9 Å². The van der Waals surface area contributed by atoms with Crippen LogP contribution in [0.4, 0.5) is 9.59 Å². The van der Waals surface area contributed by atoms with E-state index < -0.39 is 59.1 Å². The fraction of sp³-hybridized carbons (Fsp3) is 0.694. The van der Waals surface area contributed by atoms with Crippen molar-refractivity contribution in [3.05, 3.63) is 35.9 Å². The molecule has 1 aromatic rings. The number of hydrogen-bond donors (Lipinski definition) is 3. The number of amides is 3. The Morgan fingerprint density at radius 1 is 0.837 bits per heavy atom. The Hall–Kier alpha value is -3.87. The summed E-state index contributed by atoms with van der Waals surface area (Å²) in [5.41, 5.74) is -1.26. The van der Waals surface area contributed by atoms with Crippen LogP contribution in [0.15, 0.2) is 30.3 Å². The van der Waals surface area contributed by atoms with Crippen molar-refractivity contribution >= 4 is 30.0 Å². The molecule has 2 rings (SSSR count). The number of nitrogens with zero attached hydrogens (tertiary/aromatic N) is 1. The van der Waals surface area contributed by atoms with Crippen molar-refractivity contribution in [3.8, 4) is 0 Å². The van der Waals surface area contributed by atoms with Crippen molar-refractivity contribution in [2.24, 2.45) is 0 Å². The molecule has 13 nitrogen and oxygen atoms in total. The Bertz CT molecular complexity index is 1240. The lowest BCUT2D eigenvalue weighted by Crippen LogP contribution is -2.54. The molecule has 49 heavy (non-hydrogen) atoms. The molecule has 0 unspecified atom stereocenters. The number of esters is 2. The molecule has 1 aliphatic rings. The Balaban J connectivity index is 2.17. The number of nitrogens with one attached hydrogen (secondary N) is 3. The molecule has 1 aliphatic heterocycles. The van der Waals surface area contributed by atoms with E-state index >= 15 is 0 Å². The van der Waals surface area contributed by atoms with Gasteiger partial charge in [-0.1, -0.05) is 30.3 Å². The van der Waals surface area contributed by atoms with Crippen LogP contribution in [-0.2, 0) is 39.9 Å². The number of benzene rings is 1. The highest BCUT2D eigenvalue weighted by Gasteiger charge is 2.39. The van der Waals surface area contributed by atoms with Crippen LogP contribution in [0.3, 0.4) is 0 Å². The smallest absolute Gasteiger partial charge is 0.407 e. The topological polar surface area (TPSA) is 162 Å². The molecule has 0 radical (unpaired) electrons.